The second-order valence-electron chi connectivity index (χ2n) is 10.7. The first-order chi connectivity index (χ1) is 24.1. The van der Waals surface area contributed by atoms with Gasteiger partial charge in [0.2, 0.25) is 5.95 Å². The molecule has 0 unspecified atom stereocenters. The number of fused-ring (bicyclic) bond motifs is 3. The van der Waals surface area contributed by atoms with Crippen molar-refractivity contribution < 1.29 is 27.7 Å². The van der Waals surface area contributed by atoms with Crippen LogP contribution in [0.1, 0.15) is 0 Å². The Morgan fingerprint density at radius 1 is 0.408 bits per heavy atom. The van der Waals surface area contributed by atoms with Crippen LogP contribution in [0.25, 0.3) is 27.8 Å². The monoisotopic (exact) mass is 651 g/mol. The Morgan fingerprint density at radius 3 is 1.31 bits per heavy atom. The second-order valence-corrected chi connectivity index (χ2v) is 10.7. The van der Waals surface area contributed by atoms with Crippen LogP contribution in [0.2, 0.25) is 0 Å². The highest BCUT2D eigenvalue weighted by molar-refractivity contribution is 6.09. The van der Waals surface area contributed by atoms with Crippen molar-refractivity contribution in [1.29, 1.82) is 0 Å². The van der Waals surface area contributed by atoms with Crippen LogP contribution in [-0.2, 0) is 0 Å². The number of benzene rings is 4. The molecule has 0 saturated carbocycles. The van der Waals surface area contributed by atoms with Gasteiger partial charge in [-0.3, -0.25) is 4.57 Å². The molecule has 11 heteroatoms. The number of aromatic nitrogens is 5. The van der Waals surface area contributed by atoms with Gasteiger partial charge in [-0.05, 0) is 78.9 Å². The predicted molar refractivity (Wildman–Crippen MR) is 178 cm³/mol. The Bertz CT molecular complexity index is 2310. The van der Waals surface area contributed by atoms with Crippen molar-refractivity contribution in [2.45, 2.75) is 0 Å². The lowest BCUT2D eigenvalue weighted by Gasteiger charge is -2.10. The van der Waals surface area contributed by atoms with Crippen molar-refractivity contribution in [1.82, 2.24) is 24.5 Å². The van der Waals surface area contributed by atoms with E-state index in [1.165, 1.54) is 36.7 Å². The van der Waals surface area contributed by atoms with E-state index in [1.54, 1.807) is 67.0 Å². The first kappa shape index (κ1) is 29.5. The molecule has 0 atom stereocenters. The third-order valence-electron chi connectivity index (χ3n) is 7.42. The Balaban J connectivity index is 1.13. The molecule has 0 fully saturated rings. The van der Waals surface area contributed by atoms with E-state index in [4.69, 9.17) is 18.9 Å². The van der Waals surface area contributed by atoms with Crippen molar-refractivity contribution in [2.24, 2.45) is 0 Å². The quantitative estimate of drug-likeness (QED) is 0.152. The van der Waals surface area contributed by atoms with Crippen molar-refractivity contribution in [3.63, 3.8) is 0 Å². The van der Waals surface area contributed by atoms with Crippen molar-refractivity contribution in [2.75, 3.05) is 0 Å². The van der Waals surface area contributed by atoms with Gasteiger partial charge in [0, 0.05) is 59.8 Å². The first-order valence-electron chi connectivity index (χ1n) is 15.1. The Morgan fingerprint density at radius 2 is 0.837 bits per heavy atom. The van der Waals surface area contributed by atoms with Crippen molar-refractivity contribution in [3.05, 3.63) is 152 Å². The maximum atomic E-state index is 14.1. The van der Waals surface area contributed by atoms with Crippen LogP contribution in [-0.4, -0.2) is 24.5 Å². The molecule has 8 rings (SSSR count). The molecule has 0 spiro atoms. The lowest BCUT2D eigenvalue weighted by atomic mass is 10.1. The van der Waals surface area contributed by atoms with Gasteiger partial charge in [-0.25, -0.2) is 28.7 Å². The fraction of sp³-hybridized carbons (Fsp3) is 0. The van der Waals surface area contributed by atoms with Crippen LogP contribution in [0.5, 0.6) is 46.3 Å². The third kappa shape index (κ3) is 6.15. The number of hydrogen-bond acceptors (Lipinski definition) is 8. The Kier molecular flexibility index (Phi) is 7.67. The van der Waals surface area contributed by atoms with Crippen LogP contribution in [0.3, 0.4) is 0 Å². The molecule has 4 aromatic carbocycles. The van der Waals surface area contributed by atoms with Gasteiger partial charge in [0.1, 0.15) is 34.5 Å². The third-order valence-corrected chi connectivity index (χ3v) is 7.42. The van der Waals surface area contributed by atoms with Gasteiger partial charge in [-0.2, -0.15) is 0 Å². The molecule has 0 amide bonds. The average molecular weight is 652 g/mol. The lowest BCUT2D eigenvalue weighted by molar-refractivity contribution is 0.417. The molecule has 0 aliphatic carbocycles. The smallest absolute Gasteiger partial charge is 0.255 e. The standard InChI is InChI=1S/C38H23F2N5O4/c39-32-10-3-16-41-36(32)48-26-8-1-6-24(20-26)46-28-12-14-30-31-15-13-29(23-35(31)45(34(30)22-28)38-43-18-5-19-44-38)47-25-7-2-9-27(21-25)49-37-33(40)11-4-17-42-37/h1-23H. The summed E-state index contributed by atoms with van der Waals surface area (Å²) in [6.07, 6.45) is 6.26. The molecule has 0 saturated heterocycles. The van der Waals surface area contributed by atoms with E-state index in [1.807, 2.05) is 41.0 Å². The van der Waals surface area contributed by atoms with Gasteiger partial charge in [-0.1, -0.05) is 12.1 Å². The molecule has 238 valence electrons. The van der Waals surface area contributed by atoms with Crippen LogP contribution in [0, 0.1) is 11.6 Å². The largest absolute Gasteiger partial charge is 0.457 e. The summed E-state index contributed by atoms with van der Waals surface area (Å²) in [5, 5.41) is 1.88. The fourth-order valence-electron chi connectivity index (χ4n) is 5.32. The maximum Gasteiger partial charge on any atom is 0.255 e. The van der Waals surface area contributed by atoms with Crippen molar-refractivity contribution >= 4 is 21.8 Å². The van der Waals surface area contributed by atoms with E-state index in [2.05, 4.69) is 19.9 Å². The van der Waals surface area contributed by atoms with E-state index in [9.17, 15) is 8.78 Å². The summed E-state index contributed by atoms with van der Waals surface area (Å²) in [5.74, 6) is 1.88. The lowest BCUT2D eigenvalue weighted by Crippen LogP contribution is -2.00. The summed E-state index contributed by atoms with van der Waals surface area (Å²) in [5.41, 5.74) is 1.60. The SMILES string of the molecule is Fc1cccnc1Oc1cccc(Oc2ccc3c4ccc(Oc5cccc(Oc6ncccc6F)c5)cc4n(-c4ncccn4)c3c2)c1. The highest BCUT2D eigenvalue weighted by atomic mass is 19.1. The number of nitrogens with zero attached hydrogens (tertiary/aromatic N) is 5. The Hall–Kier alpha value is -6.88. The summed E-state index contributed by atoms with van der Waals surface area (Å²) in [6, 6.07) is 32.5. The molecule has 4 aromatic heterocycles. The molecule has 49 heavy (non-hydrogen) atoms. The van der Waals surface area contributed by atoms with Gasteiger partial charge >= 0.3 is 0 Å². The molecular formula is C38H23F2N5O4. The maximum absolute atomic E-state index is 14.1. The summed E-state index contributed by atoms with van der Waals surface area (Å²) in [4.78, 5) is 17.0. The molecule has 8 aromatic rings. The van der Waals surface area contributed by atoms with Crippen molar-refractivity contribution in [3.8, 4) is 52.2 Å². The van der Waals surface area contributed by atoms with E-state index in [-0.39, 0.29) is 11.8 Å². The van der Waals surface area contributed by atoms with E-state index in [0.717, 1.165) is 21.8 Å². The molecule has 9 nitrogen and oxygen atoms in total. The molecule has 4 heterocycles. The summed E-state index contributed by atoms with van der Waals surface area (Å²) < 4.78 is 53.9. The van der Waals surface area contributed by atoms with E-state index >= 15 is 0 Å². The van der Waals surface area contributed by atoms with Crippen LogP contribution < -0.4 is 18.9 Å². The number of rotatable bonds is 9. The topological polar surface area (TPSA) is 93.4 Å². The van der Waals surface area contributed by atoms with Crippen LogP contribution in [0.15, 0.2) is 140 Å². The zero-order valence-corrected chi connectivity index (χ0v) is 25.4. The summed E-state index contributed by atoms with van der Waals surface area (Å²) >= 11 is 0. The van der Waals surface area contributed by atoms with Gasteiger partial charge in [0.15, 0.2) is 11.6 Å². The second kappa shape index (κ2) is 12.7. The van der Waals surface area contributed by atoms with Gasteiger partial charge in [0.25, 0.3) is 11.8 Å². The Labute approximate surface area is 277 Å². The minimum Gasteiger partial charge on any atom is -0.457 e. The fourth-order valence-corrected chi connectivity index (χ4v) is 5.32. The number of hydrogen-bond donors (Lipinski definition) is 0. The number of ether oxygens (including phenoxy) is 4. The van der Waals surface area contributed by atoms with Gasteiger partial charge in [0.05, 0.1) is 11.0 Å². The minimum atomic E-state index is -0.566. The van der Waals surface area contributed by atoms with E-state index in [0.29, 0.717) is 40.4 Å². The minimum absolute atomic E-state index is 0.127. The zero-order chi connectivity index (χ0) is 33.2. The summed E-state index contributed by atoms with van der Waals surface area (Å²) in [7, 11) is 0. The normalized spacial score (nSPS) is 11.1. The van der Waals surface area contributed by atoms with Crippen LogP contribution in [0.4, 0.5) is 8.78 Å². The number of halogens is 2. The molecule has 0 radical (unpaired) electrons. The van der Waals surface area contributed by atoms with Gasteiger partial charge in [-0.15, -0.1) is 0 Å². The van der Waals surface area contributed by atoms with Crippen LogP contribution >= 0.6 is 0 Å². The molecule has 0 aliphatic rings. The van der Waals surface area contributed by atoms with E-state index < -0.39 is 11.6 Å². The predicted octanol–water partition coefficient (Wildman–Crippen LogP) is 9.81. The van der Waals surface area contributed by atoms with Gasteiger partial charge < -0.3 is 18.9 Å². The zero-order valence-electron chi connectivity index (χ0n) is 25.4. The molecule has 0 N–H and O–H groups in total. The molecular weight excluding hydrogens is 628 g/mol. The highest BCUT2D eigenvalue weighted by Gasteiger charge is 2.17. The molecule has 0 aliphatic heterocycles. The highest BCUT2D eigenvalue weighted by Crippen LogP contribution is 2.38. The first-order valence-corrected chi connectivity index (χ1v) is 15.1. The summed E-state index contributed by atoms with van der Waals surface area (Å²) in [6.45, 7) is 0. The average Bonchev–Trinajstić information content (AvgIpc) is 3.44. The molecule has 0 bridgehead atoms. The number of pyridine rings is 2.